The first-order valence-corrected chi connectivity index (χ1v) is 10.8. The zero-order valence-corrected chi connectivity index (χ0v) is 18.1. The van der Waals surface area contributed by atoms with E-state index in [1.807, 2.05) is 20.8 Å². The van der Waals surface area contributed by atoms with Gasteiger partial charge < -0.3 is 20.1 Å². The van der Waals surface area contributed by atoms with Crippen LogP contribution in [-0.4, -0.2) is 60.3 Å². The summed E-state index contributed by atoms with van der Waals surface area (Å²) in [5.74, 6) is -0.454. The minimum atomic E-state index is -0.649. The van der Waals surface area contributed by atoms with Crippen molar-refractivity contribution in [3.63, 3.8) is 0 Å². The molecule has 2 atom stereocenters. The van der Waals surface area contributed by atoms with Crippen molar-refractivity contribution in [1.82, 2.24) is 10.2 Å². The highest BCUT2D eigenvalue weighted by Gasteiger charge is 2.34. The van der Waals surface area contributed by atoms with Gasteiger partial charge in [0, 0.05) is 32.7 Å². The summed E-state index contributed by atoms with van der Waals surface area (Å²) in [7, 11) is 0. The third-order valence-electron chi connectivity index (χ3n) is 6.03. The van der Waals surface area contributed by atoms with Crippen LogP contribution in [0.4, 0.5) is 9.18 Å². The number of β-amino-alcohol motifs (C(OH)–C–C–N with tert-alkyl or cyclic N) is 1. The van der Waals surface area contributed by atoms with E-state index in [4.69, 9.17) is 4.74 Å². The van der Waals surface area contributed by atoms with E-state index in [0.717, 1.165) is 0 Å². The van der Waals surface area contributed by atoms with Gasteiger partial charge >= 0.3 is 6.03 Å². The van der Waals surface area contributed by atoms with Crippen LogP contribution in [0.25, 0.3) is 0 Å². The summed E-state index contributed by atoms with van der Waals surface area (Å²) >= 11 is 0. The maximum Gasteiger partial charge on any atom is 0.318 e. The number of urea groups is 1. The van der Waals surface area contributed by atoms with Crippen LogP contribution in [0.15, 0.2) is 18.2 Å². The minimum absolute atomic E-state index is 0.0126. The number of rotatable bonds is 5. The molecule has 2 aliphatic rings. The van der Waals surface area contributed by atoms with E-state index in [1.54, 1.807) is 17.0 Å². The number of hydrogen-bond donors (Lipinski definition) is 2. The quantitative estimate of drug-likeness (QED) is 0.768. The number of amides is 2. The maximum atomic E-state index is 14.6. The first-order valence-electron chi connectivity index (χ1n) is 10.8. The van der Waals surface area contributed by atoms with E-state index in [9.17, 15) is 19.1 Å². The van der Waals surface area contributed by atoms with Gasteiger partial charge in [-0.1, -0.05) is 32.9 Å². The van der Waals surface area contributed by atoms with Gasteiger partial charge in [0.15, 0.2) is 5.78 Å². The largest absolute Gasteiger partial charge is 0.391 e. The second kappa shape index (κ2) is 9.43. The molecule has 0 radical (unpaired) electrons. The number of nitrogens with one attached hydrogen (secondary N) is 1. The van der Waals surface area contributed by atoms with E-state index in [1.165, 1.54) is 6.07 Å². The van der Waals surface area contributed by atoms with Gasteiger partial charge in [0.05, 0.1) is 12.1 Å². The Labute approximate surface area is 177 Å². The van der Waals surface area contributed by atoms with Crippen LogP contribution in [0.5, 0.6) is 0 Å². The highest BCUT2D eigenvalue weighted by Crippen LogP contribution is 2.26. The summed E-state index contributed by atoms with van der Waals surface area (Å²) in [6.45, 7) is 7.71. The van der Waals surface area contributed by atoms with Crippen LogP contribution in [0.2, 0.25) is 0 Å². The molecular formula is C23H33FN2O4. The fourth-order valence-corrected chi connectivity index (χ4v) is 4.25. The van der Waals surface area contributed by atoms with E-state index in [-0.39, 0.29) is 41.9 Å². The lowest BCUT2D eigenvalue weighted by Gasteiger charge is -2.31. The third kappa shape index (κ3) is 5.58. The number of likely N-dealkylation sites (tertiary alicyclic amines) is 1. The Kier molecular flexibility index (Phi) is 7.14. The van der Waals surface area contributed by atoms with Crippen molar-refractivity contribution >= 4 is 11.8 Å². The number of nitrogens with zero attached hydrogens (tertiary/aromatic N) is 1. The molecule has 2 aliphatic heterocycles. The van der Waals surface area contributed by atoms with E-state index >= 15 is 0 Å². The van der Waals surface area contributed by atoms with Crippen molar-refractivity contribution in [2.24, 2.45) is 5.92 Å². The van der Waals surface area contributed by atoms with Gasteiger partial charge in [0.1, 0.15) is 5.82 Å². The zero-order valence-electron chi connectivity index (χ0n) is 18.1. The number of carbonyl (C=O) groups is 2. The second-order valence-electron chi connectivity index (χ2n) is 9.47. The lowest BCUT2D eigenvalue weighted by Crippen LogP contribution is -2.52. The van der Waals surface area contributed by atoms with Gasteiger partial charge in [0.2, 0.25) is 0 Å². The molecule has 0 unspecified atom stereocenters. The predicted molar refractivity (Wildman–Crippen MR) is 112 cm³/mol. The normalized spacial score (nSPS) is 21.5. The minimum Gasteiger partial charge on any atom is -0.391 e. The first-order chi connectivity index (χ1) is 14.1. The number of aliphatic hydroxyl groups is 1. The molecule has 2 N–H and O–H groups in total. The average molecular weight is 421 g/mol. The van der Waals surface area contributed by atoms with Crippen molar-refractivity contribution in [3.05, 3.63) is 35.1 Å². The standard InChI is InChI=1S/C23H33FN2O4/c1-23(2,3)18-5-4-15(12-19(18)24)13-20(28)21(16-7-10-30-11-8-16)25-22(29)26-9-6-17(27)14-26/h4-5,12,16-17,21,27H,6-11,13-14H2,1-3H3,(H,25,29)/t17-,21+/m0/s1. The van der Waals surface area contributed by atoms with Crippen molar-refractivity contribution in [1.29, 1.82) is 0 Å². The Bertz CT molecular complexity index is 771. The molecule has 2 heterocycles. The van der Waals surface area contributed by atoms with Crippen LogP contribution in [0, 0.1) is 11.7 Å². The Morgan fingerprint density at radius 1 is 1.27 bits per heavy atom. The van der Waals surface area contributed by atoms with Gasteiger partial charge in [0.25, 0.3) is 0 Å². The van der Waals surface area contributed by atoms with Crippen molar-refractivity contribution in [2.45, 2.75) is 64.0 Å². The number of benzene rings is 1. The fourth-order valence-electron chi connectivity index (χ4n) is 4.25. The molecule has 3 rings (SSSR count). The lowest BCUT2D eigenvalue weighted by atomic mass is 9.84. The molecule has 0 spiro atoms. The highest BCUT2D eigenvalue weighted by molar-refractivity contribution is 5.90. The van der Waals surface area contributed by atoms with Crippen molar-refractivity contribution in [2.75, 3.05) is 26.3 Å². The Morgan fingerprint density at radius 2 is 1.97 bits per heavy atom. The number of ketones is 1. The number of Topliss-reactive ketones (excluding diaryl/α,β-unsaturated/α-hetero) is 1. The topological polar surface area (TPSA) is 78.9 Å². The molecule has 0 aromatic heterocycles. The second-order valence-corrected chi connectivity index (χ2v) is 9.47. The summed E-state index contributed by atoms with van der Waals surface area (Å²) in [5.41, 5.74) is 0.903. The van der Waals surface area contributed by atoms with Crippen LogP contribution < -0.4 is 5.32 Å². The summed E-state index contributed by atoms with van der Waals surface area (Å²) in [6.07, 6.45) is 1.47. The Hall–Kier alpha value is -1.99. The number of carbonyl (C=O) groups excluding carboxylic acids is 2. The molecule has 1 aromatic carbocycles. The van der Waals surface area contributed by atoms with Gasteiger partial charge in [-0.3, -0.25) is 4.79 Å². The van der Waals surface area contributed by atoms with Gasteiger partial charge in [-0.25, -0.2) is 9.18 Å². The third-order valence-corrected chi connectivity index (χ3v) is 6.03. The number of halogens is 1. The SMILES string of the molecule is CC(C)(C)c1ccc(CC(=O)[C@H](NC(=O)N2CC[C@H](O)C2)C2CCOCC2)cc1F. The summed E-state index contributed by atoms with van der Waals surface area (Å²) < 4.78 is 20.0. The molecule has 166 valence electrons. The van der Waals surface area contributed by atoms with E-state index in [0.29, 0.717) is 50.1 Å². The van der Waals surface area contributed by atoms with Crippen LogP contribution in [-0.2, 0) is 21.4 Å². The average Bonchev–Trinajstić information content (AvgIpc) is 3.12. The summed E-state index contributed by atoms with van der Waals surface area (Å²) in [5, 5.41) is 12.6. The van der Waals surface area contributed by atoms with Gasteiger partial charge in [-0.05, 0) is 47.8 Å². The molecule has 0 saturated carbocycles. The Balaban J connectivity index is 1.73. The zero-order chi connectivity index (χ0) is 21.9. The van der Waals surface area contributed by atoms with Gasteiger partial charge in [-0.15, -0.1) is 0 Å². The Morgan fingerprint density at radius 3 is 2.53 bits per heavy atom. The number of hydrogen-bond acceptors (Lipinski definition) is 4. The van der Waals surface area contributed by atoms with Crippen LogP contribution in [0.3, 0.4) is 0 Å². The van der Waals surface area contributed by atoms with E-state index < -0.39 is 12.1 Å². The first kappa shape index (κ1) is 22.7. The molecule has 2 fully saturated rings. The van der Waals surface area contributed by atoms with Crippen molar-refractivity contribution in [3.8, 4) is 0 Å². The molecule has 2 amide bonds. The number of ether oxygens (including phenoxy) is 1. The predicted octanol–water partition coefficient (Wildman–Crippen LogP) is 2.81. The molecule has 30 heavy (non-hydrogen) atoms. The molecule has 0 aliphatic carbocycles. The van der Waals surface area contributed by atoms with E-state index in [2.05, 4.69) is 5.32 Å². The summed E-state index contributed by atoms with van der Waals surface area (Å²) in [4.78, 5) is 27.4. The fraction of sp³-hybridized carbons (Fsp3) is 0.652. The monoisotopic (exact) mass is 420 g/mol. The smallest absolute Gasteiger partial charge is 0.318 e. The molecule has 1 aromatic rings. The molecule has 7 heteroatoms. The highest BCUT2D eigenvalue weighted by atomic mass is 19.1. The summed E-state index contributed by atoms with van der Waals surface area (Å²) in [6, 6.07) is 3.99. The van der Waals surface area contributed by atoms with Crippen molar-refractivity contribution < 1.29 is 23.8 Å². The van der Waals surface area contributed by atoms with Crippen LogP contribution >= 0.6 is 0 Å². The molecule has 2 saturated heterocycles. The van der Waals surface area contributed by atoms with Gasteiger partial charge in [-0.2, -0.15) is 0 Å². The molecule has 6 nitrogen and oxygen atoms in total. The molecular weight excluding hydrogens is 387 g/mol. The lowest BCUT2D eigenvalue weighted by molar-refractivity contribution is -0.122. The molecule has 0 bridgehead atoms. The van der Waals surface area contributed by atoms with Crippen LogP contribution in [0.1, 0.15) is 51.2 Å². The number of aliphatic hydroxyl groups excluding tert-OH is 1. The maximum absolute atomic E-state index is 14.6.